The highest BCUT2D eigenvalue weighted by molar-refractivity contribution is 7.10. The maximum absolute atomic E-state index is 11.3. The van der Waals surface area contributed by atoms with Crippen LogP contribution in [-0.4, -0.2) is 30.0 Å². The zero-order valence-corrected chi connectivity index (χ0v) is 8.38. The Morgan fingerprint density at radius 2 is 2.57 bits per heavy atom. The normalized spacial score (nSPS) is 16.9. The van der Waals surface area contributed by atoms with Crippen molar-refractivity contribution in [3.8, 4) is 0 Å². The van der Waals surface area contributed by atoms with Crippen molar-refractivity contribution in [3.63, 3.8) is 0 Å². The summed E-state index contributed by atoms with van der Waals surface area (Å²) in [5, 5.41) is 8.69. The van der Waals surface area contributed by atoms with Gasteiger partial charge in [-0.2, -0.15) is 0 Å². The van der Waals surface area contributed by atoms with Gasteiger partial charge in [-0.05, 0) is 6.08 Å². The van der Waals surface area contributed by atoms with E-state index in [0.717, 1.165) is 18.1 Å². The van der Waals surface area contributed by atoms with Gasteiger partial charge in [-0.25, -0.2) is 4.98 Å². The molecular formula is C9H11N3OS. The zero-order valence-electron chi connectivity index (χ0n) is 7.56. The molecule has 0 bridgehead atoms. The van der Waals surface area contributed by atoms with Gasteiger partial charge in [0.05, 0.1) is 6.04 Å². The van der Waals surface area contributed by atoms with E-state index >= 15 is 0 Å². The second-order valence-corrected chi connectivity index (χ2v) is 3.99. The second-order valence-electron chi connectivity index (χ2n) is 3.07. The van der Waals surface area contributed by atoms with Crippen LogP contribution in [0.5, 0.6) is 0 Å². The smallest absolute Gasteiger partial charge is 0.244 e. The van der Waals surface area contributed by atoms with Crippen molar-refractivity contribution in [2.45, 2.75) is 6.04 Å². The molecule has 0 radical (unpaired) electrons. The summed E-state index contributed by atoms with van der Waals surface area (Å²) in [6.45, 7) is 1.74. The first-order valence-electron chi connectivity index (χ1n) is 4.43. The maximum Gasteiger partial charge on any atom is 0.244 e. The molecule has 1 aromatic rings. The highest BCUT2D eigenvalue weighted by atomic mass is 32.1. The molecule has 1 fully saturated rings. The van der Waals surface area contributed by atoms with Gasteiger partial charge in [0.25, 0.3) is 0 Å². The molecule has 1 aliphatic heterocycles. The minimum atomic E-state index is -0.0494. The number of nitrogens with one attached hydrogen (secondary N) is 2. The third-order valence-electron chi connectivity index (χ3n) is 1.96. The van der Waals surface area contributed by atoms with E-state index in [2.05, 4.69) is 15.6 Å². The Morgan fingerprint density at radius 1 is 1.71 bits per heavy atom. The average molecular weight is 209 g/mol. The third kappa shape index (κ3) is 2.40. The van der Waals surface area contributed by atoms with Gasteiger partial charge in [-0.1, -0.05) is 0 Å². The molecule has 14 heavy (non-hydrogen) atoms. The molecule has 5 heteroatoms. The Labute approximate surface area is 86.0 Å². The van der Waals surface area contributed by atoms with Crippen LogP contribution in [0.25, 0.3) is 6.08 Å². The van der Waals surface area contributed by atoms with E-state index in [0.29, 0.717) is 6.04 Å². The Bertz CT molecular complexity index is 330. The average Bonchev–Trinajstić information content (AvgIpc) is 2.60. The molecule has 1 aromatic heterocycles. The van der Waals surface area contributed by atoms with Gasteiger partial charge in [0.15, 0.2) is 0 Å². The van der Waals surface area contributed by atoms with E-state index in [1.807, 2.05) is 5.38 Å². The van der Waals surface area contributed by atoms with Crippen LogP contribution in [0.2, 0.25) is 0 Å². The van der Waals surface area contributed by atoms with Crippen LogP contribution in [0, 0.1) is 0 Å². The minimum absolute atomic E-state index is 0.0494. The van der Waals surface area contributed by atoms with Gasteiger partial charge < -0.3 is 10.6 Å². The van der Waals surface area contributed by atoms with Crippen LogP contribution in [0.15, 0.2) is 17.7 Å². The summed E-state index contributed by atoms with van der Waals surface area (Å²) in [6.07, 6.45) is 4.97. The molecule has 0 saturated carbocycles. The number of thiazole rings is 1. The molecule has 1 amide bonds. The predicted octanol–water partition coefficient (Wildman–Crippen LogP) is 0.244. The monoisotopic (exact) mass is 209 g/mol. The molecule has 2 heterocycles. The van der Waals surface area contributed by atoms with E-state index < -0.39 is 0 Å². The quantitative estimate of drug-likeness (QED) is 0.701. The molecule has 0 spiro atoms. The van der Waals surface area contributed by atoms with E-state index in [1.54, 1.807) is 12.3 Å². The molecule has 1 saturated heterocycles. The number of amides is 1. The lowest BCUT2D eigenvalue weighted by molar-refractivity contribution is -0.117. The summed E-state index contributed by atoms with van der Waals surface area (Å²) in [6, 6.07) is 0.295. The van der Waals surface area contributed by atoms with Crippen LogP contribution in [-0.2, 0) is 4.79 Å². The zero-order chi connectivity index (χ0) is 9.80. The fourth-order valence-electron chi connectivity index (χ4n) is 1.10. The molecule has 0 aliphatic carbocycles. The molecule has 0 atom stereocenters. The first-order valence-corrected chi connectivity index (χ1v) is 5.31. The standard InChI is InChI=1S/C9H11N3OS/c13-8(12-7-5-10-6-7)1-2-9-11-3-4-14-9/h1-4,7,10H,5-6H2,(H,12,13)/b2-1+. The third-order valence-corrected chi connectivity index (χ3v) is 2.70. The first-order chi connectivity index (χ1) is 6.84. The van der Waals surface area contributed by atoms with Gasteiger partial charge in [-0.15, -0.1) is 11.3 Å². The SMILES string of the molecule is O=C(/C=C/c1nccs1)NC1CNC1. The van der Waals surface area contributed by atoms with E-state index in [-0.39, 0.29) is 5.91 Å². The first kappa shape index (κ1) is 9.36. The number of carbonyl (C=O) groups is 1. The fourth-order valence-corrected chi connectivity index (χ4v) is 1.63. The number of carbonyl (C=O) groups excluding carboxylic acids is 1. The van der Waals surface area contributed by atoms with Crippen molar-refractivity contribution < 1.29 is 4.79 Å². The highest BCUT2D eigenvalue weighted by Crippen LogP contribution is 2.05. The Hall–Kier alpha value is -1.20. The van der Waals surface area contributed by atoms with Gasteiger partial charge in [0, 0.05) is 30.7 Å². The molecule has 4 nitrogen and oxygen atoms in total. The lowest BCUT2D eigenvalue weighted by Crippen LogP contribution is -2.56. The van der Waals surface area contributed by atoms with Gasteiger partial charge in [0.1, 0.15) is 5.01 Å². The molecule has 2 rings (SSSR count). The largest absolute Gasteiger partial charge is 0.347 e. The topological polar surface area (TPSA) is 54.0 Å². The summed E-state index contributed by atoms with van der Waals surface area (Å²) in [7, 11) is 0. The molecule has 2 N–H and O–H groups in total. The number of hydrogen-bond donors (Lipinski definition) is 2. The van der Waals surface area contributed by atoms with Crippen LogP contribution in [0.4, 0.5) is 0 Å². The van der Waals surface area contributed by atoms with Crippen molar-refractivity contribution in [2.75, 3.05) is 13.1 Å². The van der Waals surface area contributed by atoms with Crippen LogP contribution in [0.1, 0.15) is 5.01 Å². The molecule has 0 aromatic carbocycles. The Kier molecular flexibility index (Phi) is 2.90. The molecule has 74 valence electrons. The van der Waals surface area contributed by atoms with Crippen LogP contribution in [0.3, 0.4) is 0 Å². The summed E-state index contributed by atoms with van der Waals surface area (Å²) in [5.74, 6) is -0.0494. The van der Waals surface area contributed by atoms with Crippen molar-refractivity contribution in [1.82, 2.24) is 15.6 Å². The molecule has 1 aliphatic rings. The highest BCUT2D eigenvalue weighted by Gasteiger charge is 2.17. The molecule has 0 unspecified atom stereocenters. The number of rotatable bonds is 3. The van der Waals surface area contributed by atoms with Crippen molar-refractivity contribution in [1.29, 1.82) is 0 Å². The Morgan fingerprint density at radius 3 is 3.14 bits per heavy atom. The van der Waals surface area contributed by atoms with Crippen LogP contribution >= 0.6 is 11.3 Å². The van der Waals surface area contributed by atoms with Gasteiger partial charge >= 0.3 is 0 Å². The van der Waals surface area contributed by atoms with E-state index in [1.165, 1.54) is 17.4 Å². The summed E-state index contributed by atoms with van der Waals surface area (Å²) >= 11 is 1.51. The maximum atomic E-state index is 11.3. The lowest BCUT2D eigenvalue weighted by atomic mass is 10.2. The number of hydrogen-bond acceptors (Lipinski definition) is 4. The number of aromatic nitrogens is 1. The number of nitrogens with zero attached hydrogens (tertiary/aromatic N) is 1. The van der Waals surface area contributed by atoms with E-state index in [4.69, 9.17) is 0 Å². The summed E-state index contributed by atoms with van der Waals surface area (Å²) in [4.78, 5) is 15.3. The molecular weight excluding hydrogens is 198 g/mol. The summed E-state index contributed by atoms with van der Waals surface area (Å²) in [5.41, 5.74) is 0. The van der Waals surface area contributed by atoms with Crippen molar-refractivity contribution >= 4 is 23.3 Å². The summed E-state index contributed by atoms with van der Waals surface area (Å²) < 4.78 is 0. The lowest BCUT2D eigenvalue weighted by Gasteiger charge is -2.27. The van der Waals surface area contributed by atoms with Crippen molar-refractivity contribution in [3.05, 3.63) is 22.7 Å². The van der Waals surface area contributed by atoms with E-state index in [9.17, 15) is 4.79 Å². The van der Waals surface area contributed by atoms with Crippen LogP contribution < -0.4 is 10.6 Å². The predicted molar refractivity (Wildman–Crippen MR) is 55.9 cm³/mol. The van der Waals surface area contributed by atoms with Gasteiger partial charge in [0.2, 0.25) is 5.91 Å². The van der Waals surface area contributed by atoms with Crippen molar-refractivity contribution in [2.24, 2.45) is 0 Å². The second kappa shape index (κ2) is 4.34. The Balaban J connectivity index is 1.81. The minimum Gasteiger partial charge on any atom is -0.347 e. The fraction of sp³-hybridized carbons (Fsp3) is 0.333. The van der Waals surface area contributed by atoms with Gasteiger partial charge in [-0.3, -0.25) is 4.79 Å².